The lowest BCUT2D eigenvalue weighted by atomic mass is 10.3. The number of aromatic nitrogens is 1. The monoisotopic (exact) mass is 297 g/mol. The highest BCUT2D eigenvalue weighted by atomic mass is 16.6. The Morgan fingerprint density at radius 3 is 2.86 bits per heavy atom. The van der Waals surface area contributed by atoms with Crippen molar-refractivity contribution >= 4 is 35.4 Å². The quantitative estimate of drug-likeness (QED) is 0.402. The van der Waals surface area contributed by atoms with Gasteiger partial charge in [0.1, 0.15) is 17.8 Å². The number of nitrogens with zero attached hydrogens (tertiary/aromatic N) is 2. The second kappa shape index (κ2) is 7.03. The minimum Gasteiger partial charge on any atom is -0.450 e. The minimum atomic E-state index is -0.771. The molecule has 1 heterocycles. The first-order valence-corrected chi connectivity index (χ1v) is 5.99. The third-order valence-electron chi connectivity index (χ3n) is 2.28. The molecule has 1 rings (SSSR count). The van der Waals surface area contributed by atoms with Crippen molar-refractivity contribution in [1.29, 1.82) is 0 Å². The van der Waals surface area contributed by atoms with E-state index in [9.17, 15) is 19.7 Å². The topological polar surface area (TPSA) is 149 Å². The van der Waals surface area contributed by atoms with Crippen LogP contribution in [0.15, 0.2) is 6.07 Å². The molecule has 0 bridgehead atoms. The molecule has 4 N–H and O–H groups in total. The summed E-state index contributed by atoms with van der Waals surface area (Å²) in [6.45, 7) is 3.26. The summed E-state index contributed by atoms with van der Waals surface area (Å²) in [6, 6.07) is 0.416. The van der Waals surface area contributed by atoms with Gasteiger partial charge in [0, 0.05) is 6.07 Å². The van der Waals surface area contributed by atoms with Gasteiger partial charge in [0.05, 0.1) is 17.6 Å². The molecule has 10 heteroatoms. The fourth-order valence-corrected chi connectivity index (χ4v) is 1.44. The van der Waals surface area contributed by atoms with Crippen LogP contribution < -0.4 is 16.4 Å². The number of nitrogen functional groups attached to an aromatic ring is 1. The van der Waals surface area contributed by atoms with Crippen LogP contribution in [0, 0.1) is 10.1 Å². The Kier molecular flexibility index (Phi) is 5.40. The smallest absolute Gasteiger partial charge is 0.412 e. The van der Waals surface area contributed by atoms with Gasteiger partial charge in [0.25, 0.3) is 0 Å². The van der Waals surface area contributed by atoms with Crippen molar-refractivity contribution in [2.24, 2.45) is 0 Å². The number of nitro groups is 1. The Morgan fingerprint density at radius 1 is 1.67 bits per heavy atom. The number of nitrogens with two attached hydrogens (primary N) is 1. The predicted octanol–water partition coefficient (Wildman–Crippen LogP) is 1.14. The molecule has 1 unspecified atom stereocenters. The number of amides is 1. The van der Waals surface area contributed by atoms with Gasteiger partial charge in [0.2, 0.25) is 5.82 Å². The van der Waals surface area contributed by atoms with E-state index in [0.29, 0.717) is 6.29 Å². The second-order valence-electron chi connectivity index (χ2n) is 3.97. The number of rotatable bonds is 6. The first-order chi connectivity index (χ1) is 9.88. The summed E-state index contributed by atoms with van der Waals surface area (Å²) < 4.78 is 4.66. The Bertz CT molecular complexity index is 562. The molecule has 0 fully saturated rings. The molecule has 0 saturated heterocycles. The van der Waals surface area contributed by atoms with Crippen molar-refractivity contribution in [2.45, 2.75) is 19.9 Å². The summed E-state index contributed by atoms with van der Waals surface area (Å²) in [7, 11) is 0. The molecule has 10 nitrogen and oxygen atoms in total. The van der Waals surface area contributed by atoms with Gasteiger partial charge in [-0.15, -0.1) is 0 Å². The molecule has 0 spiro atoms. The molecule has 1 amide bonds. The van der Waals surface area contributed by atoms with Crippen LogP contribution in [0.3, 0.4) is 0 Å². The van der Waals surface area contributed by atoms with E-state index in [-0.39, 0.29) is 23.9 Å². The molecule has 0 aromatic carbocycles. The Morgan fingerprint density at radius 2 is 2.33 bits per heavy atom. The van der Waals surface area contributed by atoms with Crippen molar-refractivity contribution in [1.82, 2.24) is 4.98 Å². The van der Waals surface area contributed by atoms with Crippen molar-refractivity contribution in [3.05, 3.63) is 16.2 Å². The summed E-state index contributed by atoms with van der Waals surface area (Å²) in [4.78, 5) is 36.1. The highest BCUT2D eigenvalue weighted by molar-refractivity contribution is 5.86. The number of nitrogens with one attached hydrogen (secondary N) is 2. The van der Waals surface area contributed by atoms with Gasteiger partial charge in [0.15, 0.2) is 0 Å². The fourth-order valence-electron chi connectivity index (χ4n) is 1.44. The van der Waals surface area contributed by atoms with Crippen molar-refractivity contribution in [3.63, 3.8) is 0 Å². The van der Waals surface area contributed by atoms with E-state index < -0.39 is 22.7 Å². The first kappa shape index (κ1) is 16.1. The Balaban J connectivity index is 3.17. The molecule has 0 aliphatic heterocycles. The van der Waals surface area contributed by atoms with E-state index in [0.717, 1.165) is 6.07 Å². The number of hydrogen-bond donors (Lipinski definition) is 3. The SMILES string of the molecule is CCOC(=O)Nc1cc(N)c([N+](=O)[O-])c(NC(C)C=O)n1. The second-order valence-corrected chi connectivity index (χ2v) is 3.97. The molecule has 1 atom stereocenters. The van der Waals surface area contributed by atoms with Crippen LogP contribution in [0.25, 0.3) is 0 Å². The van der Waals surface area contributed by atoms with Crippen LogP contribution in [0.2, 0.25) is 0 Å². The lowest BCUT2D eigenvalue weighted by Crippen LogP contribution is -2.20. The number of ether oxygens (including phenoxy) is 1. The Hall–Kier alpha value is -2.91. The van der Waals surface area contributed by atoms with Crippen LogP contribution in [-0.2, 0) is 9.53 Å². The zero-order valence-corrected chi connectivity index (χ0v) is 11.5. The predicted molar refractivity (Wildman–Crippen MR) is 75.1 cm³/mol. The van der Waals surface area contributed by atoms with Crippen LogP contribution in [0.5, 0.6) is 0 Å². The minimum absolute atomic E-state index is 0.0304. The molecular formula is C11H15N5O5. The summed E-state index contributed by atoms with van der Waals surface area (Å²) in [6.07, 6.45) is -0.222. The normalized spacial score (nSPS) is 11.3. The molecule has 0 aliphatic rings. The van der Waals surface area contributed by atoms with Gasteiger partial charge in [-0.3, -0.25) is 15.4 Å². The van der Waals surface area contributed by atoms with Crippen LogP contribution in [0.4, 0.5) is 27.8 Å². The molecule has 0 aliphatic carbocycles. The molecule has 0 saturated carbocycles. The highest BCUT2D eigenvalue weighted by Crippen LogP contribution is 2.31. The maximum absolute atomic E-state index is 11.3. The first-order valence-electron chi connectivity index (χ1n) is 5.99. The number of hydrogen-bond acceptors (Lipinski definition) is 8. The number of anilines is 3. The van der Waals surface area contributed by atoms with Gasteiger partial charge in [-0.2, -0.15) is 0 Å². The third kappa shape index (κ3) is 4.30. The van der Waals surface area contributed by atoms with E-state index >= 15 is 0 Å². The van der Waals surface area contributed by atoms with Crippen LogP contribution >= 0.6 is 0 Å². The van der Waals surface area contributed by atoms with Crippen molar-refractivity contribution in [3.8, 4) is 0 Å². The molecule has 1 aromatic rings. The number of carbonyl (C=O) groups is 2. The van der Waals surface area contributed by atoms with Crippen molar-refractivity contribution in [2.75, 3.05) is 23.0 Å². The molecule has 21 heavy (non-hydrogen) atoms. The number of pyridine rings is 1. The standard InChI is InChI=1S/C11H15N5O5/c1-3-21-11(18)15-8-4-7(12)9(16(19)20)10(14-8)13-6(2)5-17/h4-6H,3H2,1-2H3,(H4,12,13,14,15,18). The largest absolute Gasteiger partial charge is 0.450 e. The molecular weight excluding hydrogens is 282 g/mol. The van der Waals surface area contributed by atoms with E-state index in [1.165, 1.54) is 6.92 Å². The fraction of sp³-hybridized carbons (Fsp3) is 0.364. The van der Waals surface area contributed by atoms with Gasteiger partial charge >= 0.3 is 11.8 Å². The van der Waals surface area contributed by atoms with Gasteiger partial charge in [-0.25, -0.2) is 9.78 Å². The molecule has 114 valence electrons. The Labute approximate surface area is 119 Å². The lowest BCUT2D eigenvalue weighted by molar-refractivity contribution is -0.383. The zero-order chi connectivity index (χ0) is 16.0. The summed E-state index contributed by atoms with van der Waals surface area (Å²) in [5.74, 6) is -0.247. The maximum atomic E-state index is 11.3. The zero-order valence-electron chi connectivity index (χ0n) is 11.5. The van der Waals surface area contributed by atoms with Crippen LogP contribution in [0.1, 0.15) is 13.8 Å². The average Bonchev–Trinajstić information content (AvgIpc) is 2.37. The summed E-state index contributed by atoms with van der Waals surface area (Å²) in [5, 5.41) is 15.8. The average molecular weight is 297 g/mol. The van der Waals surface area contributed by atoms with E-state index in [4.69, 9.17) is 5.73 Å². The number of carbonyl (C=O) groups excluding carboxylic acids is 2. The number of aldehydes is 1. The van der Waals surface area contributed by atoms with E-state index in [1.807, 2.05) is 0 Å². The van der Waals surface area contributed by atoms with E-state index in [2.05, 4.69) is 20.4 Å². The lowest BCUT2D eigenvalue weighted by Gasteiger charge is -2.12. The summed E-state index contributed by atoms with van der Waals surface area (Å²) >= 11 is 0. The van der Waals surface area contributed by atoms with E-state index in [1.54, 1.807) is 6.92 Å². The van der Waals surface area contributed by atoms with Gasteiger partial charge < -0.3 is 20.6 Å². The van der Waals surface area contributed by atoms with Gasteiger partial charge in [-0.1, -0.05) is 0 Å². The van der Waals surface area contributed by atoms with Crippen LogP contribution in [-0.4, -0.2) is 34.9 Å². The summed E-state index contributed by atoms with van der Waals surface area (Å²) in [5.41, 5.74) is 4.91. The molecule has 0 radical (unpaired) electrons. The maximum Gasteiger partial charge on any atom is 0.412 e. The van der Waals surface area contributed by atoms with Gasteiger partial charge in [-0.05, 0) is 13.8 Å². The third-order valence-corrected chi connectivity index (χ3v) is 2.28. The highest BCUT2D eigenvalue weighted by Gasteiger charge is 2.23. The van der Waals surface area contributed by atoms with Crippen molar-refractivity contribution < 1.29 is 19.2 Å². The molecule has 1 aromatic heterocycles.